The van der Waals surface area contributed by atoms with Crippen LogP contribution in [0.25, 0.3) is 16.7 Å². The van der Waals surface area contributed by atoms with Gasteiger partial charge in [0.25, 0.3) is 11.6 Å². The Hall–Kier alpha value is -12.8. The summed E-state index contributed by atoms with van der Waals surface area (Å²) in [4.78, 5) is 66.7. The van der Waals surface area contributed by atoms with Gasteiger partial charge in [0.1, 0.15) is 25.0 Å². The molecule has 137 heavy (non-hydrogen) atoms. The number of allylic oxidation sites excluding steroid dienone is 3. The normalized spacial score (nSPS) is 16.8. The van der Waals surface area contributed by atoms with E-state index in [9.17, 15) is 47.3 Å². The van der Waals surface area contributed by atoms with E-state index in [0.29, 0.717) is 54.9 Å². The van der Waals surface area contributed by atoms with Crippen LogP contribution in [-0.4, -0.2) is 117 Å². The van der Waals surface area contributed by atoms with Gasteiger partial charge in [0.15, 0.2) is 11.6 Å². The summed E-state index contributed by atoms with van der Waals surface area (Å²) in [5.74, 6) is 2.24. The highest BCUT2D eigenvalue weighted by Gasteiger charge is 2.38. The molecule has 0 saturated carbocycles. The number of anilines is 3. The molecule has 0 radical (unpaired) electrons. The number of aryl methyl sites for hydroxylation is 8. The van der Waals surface area contributed by atoms with Gasteiger partial charge in [-0.15, -0.1) is 0 Å². The number of halogens is 3. The third-order valence-corrected chi connectivity index (χ3v) is 26.0. The Kier molecular flexibility index (Phi) is 41.8. The molecular weight excluding hydrogens is 1730 g/mol. The lowest BCUT2D eigenvalue weighted by Gasteiger charge is -2.25. The number of aliphatic hydroxyl groups is 2. The van der Waals surface area contributed by atoms with E-state index >= 15 is 0 Å². The Morgan fingerprint density at radius 1 is 0.445 bits per heavy atom. The first kappa shape index (κ1) is 105. The summed E-state index contributed by atoms with van der Waals surface area (Å²) < 4.78 is 47.5. The molecule has 0 bridgehead atoms. The predicted molar refractivity (Wildman–Crippen MR) is 543 cm³/mol. The number of non-ortho nitro benzene ring substituents is 1. The van der Waals surface area contributed by atoms with Crippen molar-refractivity contribution >= 4 is 68.8 Å². The largest absolute Gasteiger partial charge is 0.494 e. The molecule has 21 nitrogen and oxygen atoms in total. The number of carbonyl (C=O) groups is 5. The Bertz CT molecular complexity index is 5740. The van der Waals surface area contributed by atoms with Gasteiger partial charge in [-0.05, 0) is 365 Å². The monoisotopic (exact) mass is 1870 g/mol. The highest BCUT2D eigenvalue weighted by Crippen LogP contribution is 2.41. The summed E-state index contributed by atoms with van der Waals surface area (Å²) in [5.41, 5.74) is 50.9. The maximum atomic E-state index is 12.1. The second-order valence-corrected chi connectivity index (χ2v) is 35.3. The summed E-state index contributed by atoms with van der Waals surface area (Å²) in [5, 5.41) is 41.4. The van der Waals surface area contributed by atoms with E-state index in [4.69, 9.17) is 42.6 Å². The van der Waals surface area contributed by atoms with Gasteiger partial charge in [0.05, 0.1) is 18.1 Å². The Morgan fingerprint density at radius 3 is 1.34 bits per heavy atom. The number of ketones is 2. The quantitative estimate of drug-likeness (QED) is 0.0116. The maximum absolute atomic E-state index is 12.1. The molecule has 15 N–H and O–H groups in total. The summed E-state index contributed by atoms with van der Waals surface area (Å²) >= 11 is 0. The van der Waals surface area contributed by atoms with Gasteiger partial charge in [-0.3, -0.25) is 34.1 Å². The number of nitrogen functional groups attached to an aromatic ring is 1. The lowest BCUT2D eigenvalue weighted by atomic mass is 9.81. The van der Waals surface area contributed by atoms with E-state index in [2.05, 4.69) is 149 Å². The second kappa shape index (κ2) is 54.8. The summed E-state index contributed by atoms with van der Waals surface area (Å²) in [6.45, 7) is 8.20. The third-order valence-electron chi connectivity index (χ3n) is 26.0. The Balaban J connectivity index is 0.000000151. The fourth-order valence-corrected chi connectivity index (χ4v) is 19.1. The van der Waals surface area contributed by atoms with Crippen molar-refractivity contribution in [2.75, 3.05) is 82.3 Å². The molecule has 8 aliphatic carbocycles. The number of amides is 3. The van der Waals surface area contributed by atoms with Crippen LogP contribution in [0.3, 0.4) is 0 Å². The maximum Gasteiger partial charge on any atom is 0.471 e. The molecular formula is C113H135F3N10O11. The summed E-state index contributed by atoms with van der Waals surface area (Å²) in [6, 6.07) is 71.6. The van der Waals surface area contributed by atoms with E-state index in [0.717, 1.165) is 185 Å². The van der Waals surface area contributed by atoms with Crippen LogP contribution < -0.4 is 59.0 Å². The molecule has 3 unspecified atom stereocenters. The second-order valence-electron chi connectivity index (χ2n) is 35.3. The number of nitrogens with one attached hydrogen (secondary N) is 5. The lowest BCUT2D eigenvalue weighted by Crippen LogP contribution is -2.36. The molecule has 18 rings (SSSR count). The molecule has 3 atom stereocenters. The predicted octanol–water partition coefficient (Wildman–Crippen LogP) is 20.7. The smallest absolute Gasteiger partial charge is 0.471 e. The van der Waals surface area contributed by atoms with Crippen molar-refractivity contribution < 1.29 is 61.8 Å². The number of nitro benzene ring substituents is 1. The molecule has 0 aromatic heterocycles. The number of Topliss-reactive ketones (excluding diaryl/α,β-unsaturated/α-hetero) is 2. The van der Waals surface area contributed by atoms with Crippen LogP contribution >= 0.6 is 0 Å². The van der Waals surface area contributed by atoms with Gasteiger partial charge in [-0.2, -0.15) is 13.2 Å². The number of alkyl halides is 3. The first-order valence-electron chi connectivity index (χ1n) is 48.5. The fraction of sp³-hybridized carbons (Fsp3) is 0.372. The van der Waals surface area contributed by atoms with Crippen molar-refractivity contribution in [1.82, 2.24) is 16.0 Å². The molecule has 10 aromatic rings. The van der Waals surface area contributed by atoms with Crippen LogP contribution in [0.1, 0.15) is 255 Å². The number of nitrogens with zero attached hydrogens (tertiary/aromatic N) is 1. The zero-order valence-electron chi connectivity index (χ0n) is 79.2. The van der Waals surface area contributed by atoms with E-state index in [1.54, 1.807) is 19.1 Å². The number of hydrogen-bond donors (Lipinski definition) is 11. The molecule has 0 fully saturated rings. The average molecular weight is 1870 g/mol. The van der Waals surface area contributed by atoms with Crippen molar-refractivity contribution in [3.63, 3.8) is 0 Å². The van der Waals surface area contributed by atoms with Gasteiger partial charge in [-0.1, -0.05) is 152 Å². The van der Waals surface area contributed by atoms with Crippen molar-refractivity contribution in [2.45, 2.75) is 205 Å². The van der Waals surface area contributed by atoms with E-state index in [1.807, 2.05) is 85.0 Å². The minimum absolute atomic E-state index is 0.0135. The van der Waals surface area contributed by atoms with Crippen molar-refractivity contribution in [1.29, 1.82) is 0 Å². The fourth-order valence-electron chi connectivity index (χ4n) is 19.1. The molecule has 0 spiro atoms. The van der Waals surface area contributed by atoms with Crippen LogP contribution in [0, 0.1) is 10.1 Å². The number of ether oxygens (including phenoxy) is 2. The molecule has 0 aliphatic heterocycles. The van der Waals surface area contributed by atoms with Crippen molar-refractivity contribution in [3.05, 3.63) is 347 Å². The number of nitro groups is 1. The minimum Gasteiger partial charge on any atom is -0.494 e. The van der Waals surface area contributed by atoms with Crippen LogP contribution in [0.5, 0.6) is 11.5 Å². The van der Waals surface area contributed by atoms with Gasteiger partial charge in [0, 0.05) is 91.7 Å². The standard InChI is InChI=1S/C19H18N2O3.C19H23NO.C14H14F3NO.C14H17NO.C13H20N2O.C13H19NO.C11H13NO2.C10H11NO/c22-19(16-8-10-17(11-9-16)21(23)24)20-13-12-15-6-3-5-14-4-1-2-7-18(14)15;20-12-10-17-7-6-16-8-9-18(14-19(16)17)21-13-11-15-4-2-1-3-5-15;15-14(16,17)13(19)18-9-8-11-6-3-5-10-4-1-2-7-12(10)11;1-11(16)15-10-9-13-7-4-6-12-5-2-3-8-14(12)13;14-7-6-11-3-1-2-10-4-5-12(15-9-16)8-13(10)11;1-2-15-12-6-5-10-3-4-11(7-8-14)13(10)9-12;13-7-12-9-5-4-8-2-1-3-11(14)10(8)6-9;11-8-5-4-7-2-1-3-10(12)9(7)6-8/h1-2,4,7-12H,3,5-6,13H2,(H,20,22);1-5,8-9,14,17H,6-7,10-13,20H2;1-2,4,7-8H,3,5-6,9H2,(H,18,19);2-3,5,8-9H,4,6-7,10H2,1H3,(H,15,16);4-5,8,11,15-16H,1-3,6-7,9,14H2;5-6,9,11H,2-4,7-8,14H2,1H3;4-6,12-13H,1-3,7H2;4-6H,1-3,11H2/b;;11-8+;;;;;. The number of rotatable bonds is 24. The highest BCUT2D eigenvalue weighted by molar-refractivity contribution is 6.00. The first-order valence-corrected chi connectivity index (χ1v) is 48.5. The number of fused-ring (bicyclic) bond motifs is 8. The number of nitrogens with two attached hydrogens (primary N) is 4. The van der Waals surface area contributed by atoms with Gasteiger partial charge in [-0.25, -0.2) is 0 Å². The van der Waals surface area contributed by atoms with Crippen molar-refractivity contribution in [3.8, 4) is 11.5 Å². The molecule has 724 valence electrons. The van der Waals surface area contributed by atoms with Crippen LogP contribution in [0.2, 0.25) is 0 Å². The average Bonchev–Trinajstić information content (AvgIpc) is 1.73. The lowest BCUT2D eigenvalue weighted by molar-refractivity contribution is -0.384. The summed E-state index contributed by atoms with van der Waals surface area (Å²) in [7, 11) is 0. The molecule has 10 aromatic carbocycles. The Morgan fingerprint density at radius 2 is 0.854 bits per heavy atom. The number of carbonyl (C=O) groups excluding carboxylic acids is 5. The van der Waals surface area contributed by atoms with E-state index in [1.165, 1.54) is 160 Å². The van der Waals surface area contributed by atoms with Crippen molar-refractivity contribution in [2.24, 2.45) is 17.2 Å². The molecule has 8 aliphatic rings. The van der Waals surface area contributed by atoms with Gasteiger partial charge in [0.2, 0.25) is 5.91 Å². The molecule has 3 amide bonds. The highest BCUT2D eigenvalue weighted by atomic mass is 19.4. The van der Waals surface area contributed by atoms with Gasteiger partial charge < -0.3 is 69.2 Å². The van der Waals surface area contributed by atoms with E-state index < -0.39 is 17.0 Å². The molecule has 24 heteroatoms. The van der Waals surface area contributed by atoms with Gasteiger partial charge >= 0.3 is 12.1 Å². The number of benzene rings is 10. The third kappa shape index (κ3) is 32.1. The summed E-state index contributed by atoms with van der Waals surface area (Å²) in [6.07, 6.45) is 28.6. The van der Waals surface area contributed by atoms with Crippen LogP contribution in [0.15, 0.2) is 237 Å². The minimum atomic E-state index is -4.82. The first-order chi connectivity index (χ1) is 66.5. The topological polar surface area (TPSA) is 352 Å². The Labute approximate surface area is 804 Å². The van der Waals surface area contributed by atoms with E-state index in [-0.39, 0.29) is 49.1 Å². The molecule has 0 saturated heterocycles. The SMILES string of the molecule is CC(=O)NCC=C1CCCc2ccccc21.CCOc1ccc2c(c1)C(CCN)CC2.NCCC1CCCc2ccc(NCO)cc21.NCCC1CCc2ccc(OCCc3ccccc3)cc21.Nc1ccc2c(c1)C(=O)CCC2.O=C(NC/C=C1\CCCc2ccccc21)C(F)(F)F.O=C(NCC=C1CCCc2ccccc21)c1ccc([N+](=O)[O-])cc1.O=C1CCCc2ccc(NCO)cc21. The van der Waals surface area contributed by atoms with Crippen LogP contribution in [-0.2, 0) is 67.4 Å². The number of aliphatic hydroxyl groups excluding tert-OH is 2. The zero-order valence-corrected chi connectivity index (χ0v) is 79.2. The molecule has 0 heterocycles. The van der Waals surface area contributed by atoms with Crippen LogP contribution in [0.4, 0.5) is 35.9 Å². The number of hydrogen-bond acceptors (Lipinski definition) is 17. The zero-order chi connectivity index (χ0) is 97.3.